The largest absolute Gasteiger partial charge is 0.353 e. The molecule has 0 aliphatic carbocycles. The van der Waals surface area contributed by atoms with Crippen LogP contribution in [0.4, 0.5) is 0 Å². The monoisotopic (exact) mass is 322 g/mol. The summed E-state index contributed by atoms with van der Waals surface area (Å²) in [6.45, 7) is 0. The molecule has 1 N–H and O–H groups in total. The SMILES string of the molecule is Brc1cccc(-c2ccc3[nH]c4ccccc4c3n2)c1. The lowest BCUT2D eigenvalue weighted by Crippen LogP contribution is -1.83. The van der Waals surface area contributed by atoms with Crippen LogP contribution in [0.25, 0.3) is 33.2 Å². The van der Waals surface area contributed by atoms with Crippen molar-refractivity contribution in [2.24, 2.45) is 0 Å². The maximum atomic E-state index is 4.82. The van der Waals surface area contributed by atoms with Crippen LogP contribution in [0.2, 0.25) is 0 Å². The van der Waals surface area contributed by atoms with Crippen LogP contribution in [0.1, 0.15) is 0 Å². The molecule has 4 rings (SSSR count). The third-order valence-electron chi connectivity index (χ3n) is 3.47. The summed E-state index contributed by atoms with van der Waals surface area (Å²) in [5.74, 6) is 0. The van der Waals surface area contributed by atoms with Gasteiger partial charge >= 0.3 is 0 Å². The number of aromatic amines is 1. The van der Waals surface area contributed by atoms with Gasteiger partial charge in [0.15, 0.2) is 0 Å². The third-order valence-corrected chi connectivity index (χ3v) is 3.96. The van der Waals surface area contributed by atoms with Gasteiger partial charge in [-0.3, -0.25) is 0 Å². The van der Waals surface area contributed by atoms with Crippen LogP contribution in [-0.4, -0.2) is 9.97 Å². The Kier molecular flexibility index (Phi) is 2.60. The van der Waals surface area contributed by atoms with Crippen LogP contribution >= 0.6 is 15.9 Å². The number of hydrogen-bond donors (Lipinski definition) is 1. The van der Waals surface area contributed by atoms with Crippen LogP contribution in [0.3, 0.4) is 0 Å². The Morgan fingerprint density at radius 3 is 2.65 bits per heavy atom. The van der Waals surface area contributed by atoms with E-state index in [9.17, 15) is 0 Å². The number of rotatable bonds is 1. The van der Waals surface area contributed by atoms with E-state index in [2.05, 4.69) is 57.3 Å². The van der Waals surface area contributed by atoms with Crippen LogP contribution in [0.15, 0.2) is 65.1 Å². The third kappa shape index (κ3) is 1.82. The topological polar surface area (TPSA) is 28.7 Å². The molecule has 0 unspecified atom stereocenters. The molecule has 0 spiro atoms. The van der Waals surface area contributed by atoms with Crippen molar-refractivity contribution in [3.63, 3.8) is 0 Å². The lowest BCUT2D eigenvalue weighted by atomic mass is 10.1. The molecule has 0 fully saturated rings. The fourth-order valence-corrected chi connectivity index (χ4v) is 2.92. The van der Waals surface area contributed by atoms with Gasteiger partial charge in [-0.25, -0.2) is 4.98 Å². The summed E-state index contributed by atoms with van der Waals surface area (Å²) >= 11 is 3.51. The number of fused-ring (bicyclic) bond motifs is 3. The molecule has 0 saturated carbocycles. The van der Waals surface area contributed by atoms with Gasteiger partial charge in [-0.2, -0.15) is 0 Å². The van der Waals surface area contributed by atoms with E-state index in [4.69, 9.17) is 4.98 Å². The van der Waals surface area contributed by atoms with Crippen molar-refractivity contribution < 1.29 is 0 Å². The Morgan fingerprint density at radius 1 is 0.850 bits per heavy atom. The molecule has 0 radical (unpaired) electrons. The predicted octanol–water partition coefficient (Wildman–Crippen LogP) is 5.15. The van der Waals surface area contributed by atoms with Crippen molar-refractivity contribution in [3.8, 4) is 11.3 Å². The Hall–Kier alpha value is -2.13. The van der Waals surface area contributed by atoms with Crippen LogP contribution in [0.5, 0.6) is 0 Å². The minimum Gasteiger partial charge on any atom is -0.353 e. The molecular weight excluding hydrogens is 312 g/mol. The van der Waals surface area contributed by atoms with Gasteiger partial charge in [0, 0.05) is 20.9 Å². The maximum Gasteiger partial charge on any atom is 0.0965 e. The predicted molar refractivity (Wildman–Crippen MR) is 86.7 cm³/mol. The first-order valence-electron chi connectivity index (χ1n) is 6.45. The standard InChI is InChI=1S/C17H11BrN2/c18-12-5-3-4-11(10-12)14-8-9-16-17(20-14)13-6-1-2-7-15(13)19-16/h1-10,19H. The lowest BCUT2D eigenvalue weighted by Gasteiger charge is -2.02. The molecule has 96 valence electrons. The second kappa shape index (κ2) is 4.46. The van der Waals surface area contributed by atoms with Crippen LogP contribution in [-0.2, 0) is 0 Å². The van der Waals surface area contributed by atoms with E-state index >= 15 is 0 Å². The first kappa shape index (κ1) is 11.7. The number of nitrogens with zero attached hydrogens (tertiary/aromatic N) is 1. The van der Waals surface area contributed by atoms with Gasteiger partial charge in [-0.05, 0) is 30.3 Å². The Bertz CT molecular complexity index is 924. The normalized spacial score (nSPS) is 11.2. The van der Waals surface area contributed by atoms with Gasteiger partial charge in [-0.15, -0.1) is 0 Å². The molecule has 2 aromatic carbocycles. The Morgan fingerprint density at radius 2 is 1.75 bits per heavy atom. The van der Waals surface area contributed by atoms with Gasteiger partial charge < -0.3 is 4.98 Å². The second-order valence-corrected chi connectivity index (χ2v) is 5.69. The molecule has 0 aliphatic heterocycles. The number of halogens is 1. The van der Waals surface area contributed by atoms with Gasteiger partial charge in [0.25, 0.3) is 0 Å². The van der Waals surface area contributed by atoms with Crippen molar-refractivity contribution in [1.82, 2.24) is 9.97 Å². The number of benzene rings is 2. The van der Waals surface area contributed by atoms with Crippen molar-refractivity contribution in [2.45, 2.75) is 0 Å². The highest BCUT2D eigenvalue weighted by Crippen LogP contribution is 2.27. The van der Waals surface area contributed by atoms with Gasteiger partial charge in [0.2, 0.25) is 0 Å². The molecule has 3 heteroatoms. The summed E-state index contributed by atoms with van der Waals surface area (Å²) < 4.78 is 1.07. The van der Waals surface area contributed by atoms with Gasteiger partial charge in [0.05, 0.1) is 16.7 Å². The lowest BCUT2D eigenvalue weighted by molar-refractivity contribution is 1.40. The zero-order valence-electron chi connectivity index (χ0n) is 10.6. The number of H-pyrrole nitrogens is 1. The number of nitrogens with one attached hydrogen (secondary N) is 1. The Balaban J connectivity index is 2.00. The van der Waals surface area contributed by atoms with E-state index < -0.39 is 0 Å². The summed E-state index contributed by atoms with van der Waals surface area (Å²) in [5.41, 5.74) is 5.33. The van der Waals surface area contributed by atoms with Crippen molar-refractivity contribution in [2.75, 3.05) is 0 Å². The van der Waals surface area contributed by atoms with Crippen molar-refractivity contribution in [3.05, 3.63) is 65.1 Å². The molecule has 2 aromatic heterocycles. The molecule has 0 bridgehead atoms. The number of hydrogen-bond acceptors (Lipinski definition) is 1. The minimum absolute atomic E-state index is 0.989. The van der Waals surface area contributed by atoms with E-state index in [1.807, 2.05) is 24.3 Å². The summed E-state index contributed by atoms with van der Waals surface area (Å²) in [5, 5.41) is 1.17. The minimum atomic E-state index is 0.989. The van der Waals surface area contributed by atoms with Crippen LogP contribution in [0, 0.1) is 0 Å². The molecule has 2 heterocycles. The molecule has 2 nitrogen and oxygen atoms in total. The van der Waals surface area contributed by atoms with Crippen molar-refractivity contribution >= 4 is 37.9 Å². The first-order chi connectivity index (χ1) is 9.81. The van der Waals surface area contributed by atoms with E-state index in [-0.39, 0.29) is 0 Å². The van der Waals surface area contributed by atoms with E-state index in [0.717, 1.165) is 32.3 Å². The smallest absolute Gasteiger partial charge is 0.0965 e. The zero-order chi connectivity index (χ0) is 13.5. The summed E-state index contributed by atoms with van der Waals surface area (Å²) in [4.78, 5) is 8.22. The molecular formula is C17H11BrN2. The Labute approximate surface area is 124 Å². The highest BCUT2D eigenvalue weighted by molar-refractivity contribution is 9.10. The molecule has 4 aromatic rings. The van der Waals surface area contributed by atoms with Crippen molar-refractivity contribution in [1.29, 1.82) is 0 Å². The van der Waals surface area contributed by atoms with Gasteiger partial charge in [0.1, 0.15) is 0 Å². The van der Waals surface area contributed by atoms with E-state index in [1.165, 1.54) is 5.39 Å². The summed E-state index contributed by atoms with van der Waals surface area (Å²) in [7, 11) is 0. The molecule has 0 amide bonds. The number of aromatic nitrogens is 2. The zero-order valence-corrected chi connectivity index (χ0v) is 12.2. The molecule has 0 aliphatic rings. The fourth-order valence-electron chi connectivity index (χ4n) is 2.52. The van der Waals surface area contributed by atoms with Crippen LogP contribution < -0.4 is 0 Å². The number of pyridine rings is 1. The van der Waals surface area contributed by atoms with E-state index in [0.29, 0.717) is 0 Å². The highest BCUT2D eigenvalue weighted by Gasteiger charge is 2.07. The van der Waals surface area contributed by atoms with Gasteiger partial charge in [-0.1, -0.05) is 46.3 Å². The molecule has 0 atom stereocenters. The second-order valence-electron chi connectivity index (χ2n) is 4.77. The number of para-hydroxylation sites is 1. The first-order valence-corrected chi connectivity index (χ1v) is 7.24. The molecule has 20 heavy (non-hydrogen) atoms. The highest BCUT2D eigenvalue weighted by atomic mass is 79.9. The fraction of sp³-hybridized carbons (Fsp3) is 0. The summed E-state index contributed by atoms with van der Waals surface area (Å²) in [6, 6.07) is 20.6. The average molecular weight is 323 g/mol. The quantitative estimate of drug-likeness (QED) is 0.516. The maximum absolute atomic E-state index is 4.82. The average Bonchev–Trinajstić information content (AvgIpc) is 2.85. The summed E-state index contributed by atoms with van der Waals surface area (Å²) in [6.07, 6.45) is 0. The van der Waals surface area contributed by atoms with E-state index in [1.54, 1.807) is 0 Å². The molecule has 0 saturated heterocycles.